The molecule has 20 heavy (non-hydrogen) atoms. The Hall–Kier alpha value is -1.14. The zero-order valence-corrected chi connectivity index (χ0v) is 12.2. The molecule has 0 spiro atoms. The second-order valence-corrected chi connectivity index (χ2v) is 5.42. The summed E-state index contributed by atoms with van der Waals surface area (Å²) < 4.78 is 5.38. The first-order valence-electron chi connectivity index (χ1n) is 7.63. The highest BCUT2D eigenvalue weighted by atomic mass is 16.5. The highest BCUT2D eigenvalue weighted by Crippen LogP contribution is 2.14. The average molecular weight is 283 g/mol. The number of carbonyl (C=O) groups excluding carboxylic acids is 2. The van der Waals surface area contributed by atoms with Crippen molar-refractivity contribution in [2.75, 3.05) is 32.8 Å². The molecule has 6 heteroatoms. The van der Waals surface area contributed by atoms with Crippen molar-refractivity contribution in [1.82, 2.24) is 15.5 Å². The maximum atomic E-state index is 12.6. The number of piperidine rings is 1. The van der Waals surface area contributed by atoms with E-state index in [0.717, 1.165) is 32.2 Å². The number of rotatable bonds is 4. The van der Waals surface area contributed by atoms with Crippen molar-refractivity contribution in [3.05, 3.63) is 0 Å². The quantitative estimate of drug-likeness (QED) is 0.755. The molecule has 2 atom stereocenters. The van der Waals surface area contributed by atoms with E-state index in [4.69, 9.17) is 4.74 Å². The molecular formula is C14H25N3O3. The van der Waals surface area contributed by atoms with Crippen molar-refractivity contribution >= 4 is 11.8 Å². The van der Waals surface area contributed by atoms with Gasteiger partial charge in [-0.2, -0.15) is 0 Å². The number of amides is 2. The minimum atomic E-state index is -0.480. The van der Waals surface area contributed by atoms with Gasteiger partial charge in [0.25, 0.3) is 0 Å². The van der Waals surface area contributed by atoms with E-state index in [1.165, 1.54) is 0 Å². The third-order valence-corrected chi connectivity index (χ3v) is 3.87. The Morgan fingerprint density at radius 2 is 2.25 bits per heavy atom. The average Bonchev–Trinajstić information content (AvgIpc) is 2.52. The number of hydrogen-bond donors (Lipinski definition) is 2. The molecule has 2 aliphatic rings. The van der Waals surface area contributed by atoms with Crippen LogP contribution in [0.15, 0.2) is 0 Å². The Morgan fingerprint density at radius 1 is 1.40 bits per heavy atom. The van der Waals surface area contributed by atoms with Gasteiger partial charge in [0.1, 0.15) is 6.04 Å². The fourth-order valence-electron chi connectivity index (χ4n) is 2.71. The van der Waals surface area contributed by atoms with Crippen molar-refractivity contribution in [2.24, 2.45) is 0 Å². The smallest absolute Gasteiger partial charge is 0.245 e. The van der Waals surface area contributed by atoms with Crippen LogP contribution in [-0.4, -0.2) is 61.6 Å². The predicted octanol–water partition coefficient (Wildman–Crippen LogP) is -0.118. The second kappa shape index (κ2) is 7.59. The first-order valence-corrected chi connectivity index (χ1v) is 7.63. The van der Waals surface area contributed by atoms with Gasteiger partial charge in [-0.3, -0.25) is 9.59 Å². The summed E-state index contributed by atoms with van der Waals surface area (Å²) in [5.74, 6) is -0.0552. The minimum absolute atomic E-state index is 0.0460. The van der Waals surface area contributed by atoms with Gasteiger partial charge < -0.3 is 20.3 Å². The van der Waals surface area contributed by atoms with Gasteiger partial charge in [-0.1, -0.05) is 13.3 Å². The van der Waals surface area contributed by atoms with Crippen LogP contribution in [0, 0.1) is 0 Å². The summed E-state index contributed by atoms with van der Waals surface area (Å²) >= 11 is 0. The van der Waals surface area contributed by atoms with Crippen LogP contribution in [0.4, 0.5) is 0 Å². The van der Waals surface area contributed by atoms with E-state index in [1.807, 2.05) is 6.92 Å². The Balaban J connectivity index is 1.98. The molecule has 0 aromatic rings. The van der Waals surface area contributed by atoms with E-state index < -0.39 is 6.04 Å². The van der Waals surface area contributed by atoms with Crippen LogP contribution in [0.1, 0.15) is 32.6 Å². The van der Waals surface area contributed by atoms with E-state index in [9.17, 15) is 9.59 Å². The normalized spacial score (nSPS) is 27.1. The third kappa shape index (κ3) is 3.70. The summed E-state index contributed by atoms with van der Waals surface area (Å²) in [5.41, 5.74) is 0. The van der Waals surface area contributed by atoms with E-state index in [2.05, 4.69) is 10.6 Å². The van der Waals surface area contributed by atoms with Crippen LogP contribution in [0.3, 0.4) is 0 Å². The van der Waals surface area contributed by atoms with Gasteiger partial charge in [0, 0.05) is 13.1 Å². The van der Waals surface area contributed by atoms with Gasteiger partial charge in [0.2, 0.25) is 11.8 Å². The summed E-state index contributed by atoms with van der Waals surface area (Å²) in [6, 6.07) is -0.616. The highest BCUT2D eigenvalue weighted by Gasteiger charge is 2.36. The molecule has 2 saturated heterocycles. The zero-order chi connectivity index (χ0) is 14.4. The molecule has 0 saturated carbocycles. The number of morpholine rings is 1. The van der Waals surface area contributed by atoms with Crippen LogP contribution in [-0.2, 0) is 14.3 Å². The molecule has 0 bridgehead atoms. The molecule has 2 fully saturated rings. The Bertz CT molecular complexity index is 343. The molecule has 0 aromatic carbocycles. The molecule has 1 unspecified atom stereocenters. The summed E-state index contributed by atoms with van der Waals surface area (Å²) in [6.45, 7) is 4.84. The third-order valence-electron chi connectivity index (χ3n) is 3.87. The highest BCUT2D eigenvalue weighted by molar-refractivity contribution is 5.90. The van der Waals surface area contributed by atoms with Crippen LogP contribution in [0.2, 0.25) is 0 Å². The summed E-state index contributed by atoms with van der Waals surface area (Å²) in [7, 11) is 0. The van der Waals surface area contributed by atoms with Crippen molar-refractivity contribution in [1.29, 1.82) is 0 Å². The molecule has 2 aliphatic heterocycles. The summed E-state index contributed by atoms with van der Waals surface area (Å²) in [5, 5.41) is 6.11. The monoisotopic (exact) mass is 283 g/mol. The van der Waals surface area contributed by atoms with Crippen LogP contribution >= 0.6 is 0 Å². The summed E-state index contributed by atoms with van der Waals surface area (Å²) in [4.78, 5) is 26.4. The molecule has 6 nitrogen and oxygen atoms in total. The fraction of sp³-hybridized carbons (Fsp3) is 0.857. The van der Waals surface area contributed by atoms with Crippen molar-refractivity contribution in [3.63, 3.8) is 0 Å². The van der Waals surface area contributed by atoms with Crippen molar-refractivity contribution in [2.45, 2.75) is 44.7 Å². The molecule has 0 radical (unpaired) electrons. The van der Waals surface area contributed by atoms with E-state index >= 15 is 0 Å². The van der Waals surface area contributed by atoms with Gasteiger partial charge in [-0.25, -0.2) is 0 Å². The fourth-order valence-corrected chi connectivity index (χ4v) is 2.71. The van der Waals surface area contributed by atoms with Gasteiger partial charge >= 0.3 is 0 Å². The molecule has 114 valence electrons. The second-order valence-electron chi connectivity index (χ2n) is 5.42. The Kier molecular flexibility index (Phi) is 5.79. The maximum absolute atomic E-state index is 12.6. The van der Waals surface area contributed by atoms with Crippen LogP contribution in [0.5, 0.6) is 0 Å². The number of nitrogens with one attached hydrogen (secondary N) is 2. The van der Waals surface area contributed by atoms with E-state index in [-0.39, 0.29) is 17.9 Å². The molecule has 2 rings (SSSR count). The molecule has 0 aromatic heterocycles. The zero-order valence-electron chi connectivity index (χ0n) is 12.2. The molecule has 2 amide bonds. The number of ether oxygens (including phenoxy) is 1. The number of nitrogens with zero attached hydrogens (tertiary/aromatic N) is 1. The molecular weight excluding hydrogens is 258 g/mol. The molecule has 0 aliphatic carbocycles. The van der Waals surface area contributed by atoms with E-state index in [0.29, 0.717) is 26.3 Å². The lowest BCUT2D eigenvalue weighted by Gasteiger charge is -2.37. The van der Waals surface area contributed by atoms with Gasteiger partial charge in [-0.05, 0) is 25.8 Å². The summed E-state index contributed by atoms with van der Waals surface area (Å²) in [6.07, 6.45) is 3.94. The topological polar surface area (TPSA) is 70.7 Å². The van der Waals surface area contributed by atoms with E-state index in [1.54, 1.807) is 4.90 Å². The Labute approximate surface area is 120 Å². The lowest BCUT2D eigenvalue weighted by Crippen LogP contribution is -2.60. The van der Waals surface area contributed by atoms with Crippen molar-refractivity contribution < 1.29 is 14.3 Å². The number of hydrogen-bond acceptors (Lipinski definition) is 4. The SMILES string of the molecule is CCCNC(=O)C1COCCN1C(=O)[C@@H]1CCCCN1. The van der Waals surface area contributed by atoms with Crippen LogP contribution < -0.4 is 10.6 Å². The molecule has 2 N–H and O–H groups in total. The van der Waals surface area contributed by atoms with Gasteiger partial charge in [0.05, 0.1) is 19.3 Å². The number of carbonyl (C=O) groups is 2. The van der Waals surface area contributed by atoms with Gasteiger partial charge in [0.15, 0.2) is 0 Å². The van der Waals surface area contributed by atoms with Gasteiger partial charge in [-0.15, -0.1) is 0 Å². The first-order chi connectivity index (χ1) is 9.74. The lowest BCUT2D eigenvalue weighted by atomic mass is 10.0. The first kappa shape index (κ1) is 15.3. The molecule has 2 heterocycles. The predicted molar refractivity (Wildman–Crippen MR) is 75.3 cm³/mol. The Morgan fingerprint density at radius 3 is 2.95 bits per heavy atom. The minimum Gasteiger partial charge on any atom is -0.377 e. The largest absolute Gasteiger partial charge is 0.377 e. The van der Waals surface area contributed by atoms with Crippen LogP contribution in [0.25, 0.3) is 0 Å². The maximum Gasteiger partial charge on any atom is 0.245 e. The van der Waals surface area contributed by atoms with Crippen molar-refractivity contribution in [3.8, 4) is 0 Å². The lowest BCUT2D eigenvalue weighted by molar-refractivity contribution is -0.150. The standard InChI is InChI=1S/C14H25N3O3/c1-2-6-16-13(18)12-10-20-9-8-17(12)14(19)11-5-3-4-7-15-11/h11-12,15H,2-10H2,1H3,(H,16,18)/t11-,12?/m0/s1.